The Morgan fingerprint density at radius 1 is 1.11 bits per heavy atom. The zero-order chi connectivity index (χ0) is 13.8. The molecule has 1 aromatic carbocycles. The monoisotopic (exact) mass is 334 g/mol. The van der Waals surface area contributed by atoms with Gasteiger partial charge in [0.25, 0.3) is 5.56 Å². The maximum Gasteiger partial charge on any atom is 0.273 e. The molecular weight excluding hydrogens is 327 g/mol. The molecule has 0 bridgehead atoms. The molecule has 0 aliphatic rings. The molecule has 0 fully saturated rings. The van der Waals surface area contributed by atoms with Crippen molar-refractivity contribution >= 4 is 52.4 Å². The lowest BCUT2D eigenvalue weighted by molar-refractivity contribution is 1.24. The Morgan fingerprint density at radius 2 is 1.79 bits per heavy atom. The van der Waals surface area contributed by atoms with Crippen LogP contribution < -0.4 is 10.3 Å². The Morgan fingerprint density at radius 3 is 2.42 bits per heavy atom. The van der Waals surface area contributed by atoms with Gasteiger partial charge in [0, 0.05) is 15.8 Å². The molecule has 2 rings (SSSR count). The fourth-order valence-corrected chi connectivity index (χ4v) is 2.86. The average Bonchev–Trinajstić information content (AvgIpc) is 2.30. The molecule has 1 aromatic heterocycles. The van der Waals surface area contributed by atoms with Gasteiger partial charge >= 0.3 is 0 Å². The van der Waals surface area contributed by atoms with Gasteiger partial charge in [0.2, 0.25) is 0 Å². The molecular formula is C12H9Cl3N2OS. The van der Waals surface area contributed by atoms with Crippen LogP contribution in [0.1, 0.15) is 5.56 Å². The number of anilines is 1. The Hall–Kier alpha value is -0.810. The molecule has 1 heterocycles. The highest BCUT2D eigenvalue weighted by Crippen LogP contribution is 2.22. The van der Waals surface area contributed by atoms with E-state index >= 15 is 0 Å². The van der Waals surface area contributed by atoms with E-state index < -0.39 is 0 Å². The first kappa shape index (κ1) is 14.6. The molecule has 0 aliphatic heterocycles. The molecule has 0 aliphatic carbocycles. The fraction of sp³-hybridized carbons (Fsp3) is 0.0833. The van der Waals surface area contributed by atoms with Crippen LogP contribution >= 0.6 is 46.8 Å². The SMILES string of the molecule is O=c1[nH]c(Cl)ccc1NSCc1cc(Cl)cc(Cl)c1. The van der Waals surface area contributed by atoms with Gasteiger partial charge in [-0.05, 0) is 47.8 Å². The molecule has 0 amide bonds. The van der Waals surface area contributed by atoms with Crippen LogP contribution in [0.4, 0.5) is 5.69 Å². The maximum absolute atomic E-state index is 11.5. The van der Waals surface area contributed by atoms with Crippen molar-refractivity contribution in [1.29, 1.82) is 0 Å². The Kier molecular flexibility index (Phi) is 5.05. The Bertz CT molecular complexity index is 625. The zero-order valence-electron chi connectivity index (χ0n) is 9.54. The highest BCUT2D eigenvalue weighted by molar-refractivity contribution is 7.99. The number of H-pyrrole nitrogens is 1. The highest BCUT2D eigenvalue weighted by atomic mass is 35.5. The van der Waals surface area contributed by atoms with E-state index in [2.05, 4.69) is 9.71 Å². The number of halogens is 3. The molecule has 0 atom stereocenters. The van der Waals surface area contributed by atoms with E-state index in [1.807, 2.05) is 12.1 Å². The summed E-state index contributed by atoms with van der Waals surface area (Å²) in [7, 11) is 0. The predicted octanol–water partition coefficient (Wildman–Crippen LogP) is 4.60. The minimum Gasteiger partial charge on any atom is -0.325 e. The highest BCUT2D eigenvalue weighted by Gasteiger charge is 2.02. The zero-order valence-corrected chi connectivity index (χ0v) is 12.6. The summed E-state index contributed by atoms with van der Waals surface area (Å²) in [5, 5.41) is 1.49. The van der Waals surface area contributed by atoms with Gasteiger partial charge in [0.15, 0.2) is 0 Å². The number of nitrogens with one attached hydrogen (secondary N) is 2. The molecule has 0 saturated carbocycles. The van der Waals surface area contributed by atoms with Crippen LogP contribution in [0, 0.1) is 0 Å². The van der Waals surface area contributed by atoms with E-state index in [9.17, 15) is 4.79 Å². The van der Waals surface area contributed by atoms with Crippen molar-refractivity contribution in [2.75, 3.05) is 4.72 Å². The van der Waals surface area contributed by atoms with Crippen LogP contribution in [0.3, 0.4) is 0 Å². The second kappa shape index (κ2) is 6.57. The minimum atomic E-state index is -0.260. The van der Waals surface area contributed by atoms with Crippen molar-refractivity contribution in [3.8, 4) is 0 Å². The van der Waals surface area contributed by atoms with Crippen molar-refractivity contribution in [2.45, 2.75) is 5.75 Å². The standard InChI is InChI=1S/C12H9Cl3N2OS/c13-8-3-7(4-9(14)5-8)6-19-17-10-1-2-11(15)16-12(10)18/h1-5,17H,6H2,(H,16,18). The molecule has 19 heavy (non-hydrogen) atoms. The van der Waals surface area contributed by atoms with Crippen LogP contribution in [0.25, 0.3) is 0 Å². The second-order valence-electron chi connectivity index (χ2n) is 3.72. The number of aromatic nitrogens is 1. The summed E-state index contributed by atoms with van der Waals surface area (Å²) in [4.78, 5) is 14.0. The van der Waals surface area contributed by atoms with E-state index in [0.717, 1.165) is 5.56 Å². The number of hydrogen-bond donors (Lipinski definition) is 2. The fourth-order valence-electron chi connectivity index (χ4n) is 1.42. The first-order valence-electron chi connectivity index (χ1n) is 5.26. The third kappa shape index (κ3) is 4.35. The molecule has 3 nitrogen and oxygen atoms in total. The van der Waals surface area contributed by atoms with Crippen molar-refractivity contribution in [3.63, 3.8) is 0 Å². The molecule has 2 N–H and O–H groups in total. The largest absolute Gasteiger partial charge is 0.325 e. The number of benzene rings is 1. The first-order valence-corrected chi connectivity index (χ1v) is 7.38. The summed E-state index contributed by atoms with van der Waals surface area (Å²) < 4.78 is 2.96. The van der Waals surface area contributed by atoms with E-state index in [-0.39, 0.29) is 5.56 Å². The minimum absolute atomic E-state index is 0.260. The van der Waals surface area contributed by atoms with Crippen molar-refractivity contribution in [2.24, 2.45) is 0 Å². The van der Waals surface area contributed by atoms with Gasteiger partial charge in [-0.2, -0.15) is 0 Å². The average molecular weight is 336 g/mol. The topological polar surface area (TPSA) is 44.9 Å². The van der Waals surface area contributed by atoms with Gasteiger partial charge in [-0.25, -0.2) is 0 Å². The molecule has 0 saturated heterocycles. The summed E-state index contributed by atoms with van der Waals surface area (Å²) in [5.74, 6) is 0.627. The summed E-state index contributed by atoms with van der Waals surface area (Å²) >= 11 is 18.8. The summed E-state index contributed by atoms with van der Waals surface area (Å²) in [6.45, 7) is 0. The maximum atomic E-state index is 11.5. The van der Waals surface area contributed by atoms with Crippen LogP contribution in [-0.4, -0.2) is 4.98 Å². The van der Waals surface area contributed by atoms with E-state index in [1.165, 1.54) is 11.9 Å². The van der Waals surface area contributed by atoms with Gasteiger partial charge in [-0.3, -0.25) is 4.79 Å². The Balaban J connectivity index is 1.98. The van der Waals surface area contributed by atoms with Crippen LogP contribution in [0.2, 0.25) is 15.2 Å². The summed E-state index contributed by atoms with van der Waals surface area (Å²) in [5.41, 5.74) is 1.16. The molecule has 2 aromatic rings. The quantitative estimate of drug-likeness (QED) is 0.634. The number of pyridine rings is 1. The molecule has 0 radical (unpaired) electrons. The van der Waals surface area contributed by atoms with Gasteiger partial charge in [-0.15, -0.1) is 0 Å². The summed E-state index contributed by atoms with van der Waals surface area (Å²) in [6.07, 6.45) is 0. The number of aromatic amines is 1. The third-order valence-electron chi connectivity index (χ3n) is 2.22. The van der Waals surface area contributed by atoms with Gasteiger partial charge in [0.1, 0.15) is 10.8 Å². The lowest BCUT2D eigenvalue weighted by Crippen LogP contribution is -2.09. The van der Waals surface area contributed by atoms with Crippen molar-refractivity contribution in [1.82, 2.24) is 4.98 Å². The summed E-state index contributed by atoms with van der Waals surface area (Å²) in [6, 6.07) is 8.57. The van der Waals surface area contributed by atoms with Crippen molar-refractivity contribution < 1.29 is 0 Å². The smallest absolute Gasteiger partial charge is 0.273 e. The van der Waals surface area contributed by atoms with Gasteiger partial charge in [-0.1, -0.05) is 34.8 Å². The lowest BCUT2D eigenvalue weighted by atomic mass is 10.2. The normalized spacial score (nSPS) is 10.5. The molecule has 7 heteroatoms. The molecule has 0 spiro atoms. The third-order valence-corrected chi connectivity index (χ3v) is 3.72. The van der Waals surface area contributed by atoms with Crippen molar-refractivity contribution in [3.05, 3.63) is 61.4 Å². The molecule has 100 valence electrons. The first-order chi connectivity index (χ1) is 9.04. The number of rotatable bonds is 4. The van der Waals surface area contributed by atoms with Crippen LogP contribution in [-0.2, 0) is 5.75 Å². The van der Waals surface area contributed by atoms with Gasteiger partial charge in [0.05, 0.1) is 0 Å². The van der Waals surface area contributed by atoms with Gasteiger partial charge < -0.3 is 9.71 Å². The second-order valence-corrected chi connectivity index (χ2v) is 5.78. The Labute approximate surface area is 129 Å². The lowest BCUT2D eigenvalue weighted by Gasteiger charge is -2.05. The van der Waals surface area contributed by atoms with E-state index in [1.54, 1.807) is 18.2 Å². The number of hydrogen-bond acceptors (Lipinski definition) is 3. The predicted molar refractivity (Wildman–Crippen MR) is 83.5 cm³/mol. The van der Waals surface area contributed by atoms with E-state index in [4.69, 9.17) is 34.8 Å². The molecule has 0 unspecified atom stereocenters. The van der Waals surface area contributed by atoms with E-state index in [0.29, 0.717) is 26.6 Å². The van der Waals surface area contributed by atoms with Crippen LogP contribution in [0.15, 0.2) is 35.1 Å². The van der Waals surface area contributed by atoms with Crippen LogP contribution in [0.5, 0.6) is 0 Å².